The average molecular weight is 594 g/mol. The van der Waals surface area contributed by atoms with Gasteiger partial charge < -0.3 is 49.0 Å². The Morgan fingerprint density at radius 3 is 1.70 bits per heavy atom. The lowest BCUT2D eigenvalue weighted by Gasteiger charge is -2.23. The number of fused-ring (bicyclic) bond motifs is 2. The van der Waals surface area contributed by atoms with Crippen LogP contribution in [0, 0.1) is 0 Å². The first-order valence-corrected chi connectivity index (χ1v) is 16.9. The maximum atomic E-state index is 12.0. The molecule has 4 aromatic rings. The molecular formula is C22H31N10O6P2-. The predicted octanol–water partition coefficient (Wildman–Crippen LogP) is 0.996. The molecule has 16 nitrogen and oxygen atoms in total. The lowest BCUT2D eigenvalue weighted by Crippen LogP contribution is -2.20. The zero-order chi connectivity index (χ0) is 28.7. The Hall–Kier alpha value is -3.00. The van der Waals surface area contributed by atoms with E-state index in [0.29, 0.717) is 41.8 Å². The SMILES string of the molecule is CP(C)(=O)[C@H]1CC[C@@H](Cn2cnc3cnc(N)nc32)O1.Nc1ncc2ncn(C[C@@H]3CC[C@H](P(=O)([O-])O)O3)c2n1. The summed E-state index contributed by atoms with van der Waals surface area (Å²) in [5.41, 5.74) is 13.7. The molecule has 0 saturated carbocycles. The molecule has 2 saturated heterocycles. The van der Waals surface area contributed by atoms with Gasteiger partial charge in [0.15, 0.2) is 18.9 Å². The molecule has 40 heavy (non-hydrogen) atoms. The highest BCUT2D eigenvalue weighted by Gasteiger charge is 2.34. The molecule has 4 aromatic heterocycles. The van der Waals surface area contributed by atoms with Crippen molar-refractivity contribution in [3.05, 3.63) is 25.0 Å². The average Bonchev–Trinajstić information content (AvgIpc) is 3.67. The van der Waals surface area contributed by atoms with Crippen molar-refractivity contribution in [2.24, 2.45) is 0 Å². The number of aromatic nitrogens is 8. The number of nitrogen functional groups attached to an aromatic ring is 2. The third kappa shape index (κ3) is 6.48. The van der Waals surface area contributed by atoms with E-state index in [0.717, 1.165) is 12.8 Å². The Morgan fingerprint density at radius 2 is 1.30 bits per heavy atom. The van der Waals surface area contributed by atoms with Gasteiger partial charge in [-0.2, -0.15) is 9.97 Å². The molecule has 5 N–H and O–H groups in total. The van der Waals surface area contributed by atoms with Gasteiger partial charge in [-0.1, -0.05) is 0 Å². The van der Waals surface area contributed by atoms with Gasteiger partial charge in [0, 0.05) is 0 Å². The van der Waals surface area contributed by atoms with Crippen LogP contribution in [0.4, 0.5) is 11.9 Å². The van der Waals surface area contributed by atoms with E-state index < -0.39 is 20.6 Å². The summed E-state index contributed by atoms with van der Waals surface area (Å²) in [6.45, 7) is 4.59. The number of hydrogen-bond donors (Lipinski definition) is 3. The van der Waals surface area contributed by atoms with Gasteiger partial charge in [-0.05, 0) is 39.0 Å². The number of nitrogens with two attached hydrogens (primary N) is 2. The third-order valence-corrected chi connectivity index (χ3v) is 9.66. The minimum atomic E-state index is -4.44. The van der Waals surface area contributed by atoms with Crippen molar-refractivity contribution in [1.82, 2.24) is 39.0 Å². The highest BCUT2D eigenvalue weighted by Crippen LogP contribution is 2.49. The van der Waals surface area contributed by atoms with Gasteiger partial charge >= 0.3 is 0 Å². The van der Waals surface area contributed by atoms with Gasteiger partial charge in [0.1, 0.15) is 29.9 Å². The molecule has 0 amide bonds. The lowest BCUT2D eigenvalue weighted by atomic mass is 10.2. The number of imidazole rings is 2. The van der Waals surface area contributed by atoms with E-state index in [2.05, 4.69) is 29.9 Å². The Bertz CT molecular complexity index is 1480. The zero-order valence-electron chi connectivity index (χ0n) is 22.0. The molecule has 6 rings (SSSR count). The van der Waals surface area contributed by atoms with Crippen molar-refractivity contribution in [1.29, 1.82) is 0 Å². The van der Waals surface area contributed by atoms with Crippen molar-refractivity contribution in [3.8, 4) is 0 Å². The number of ether oxygens (including phenoxy) is 2. The largest absolute Gasteiger partial charge is 0.777 e. The van der Waals surface area contributed by atoms with Crippen LogP contribution in [0.3, 0.4) is 0 Å². The van der Waals surface area contributed by atoms with E-state index >= 15 is 0 Å². The van der Waals surface area contributed by atoms with Crippen molar-refractivity contribution >= 4 is 49.0 Å². The summed E-state index contributed by atoms with van der Waals surface area (Å²) in [4.78, 5) is 44.5. The van der Waals surface area contributed by atoms with Gasteiger partial charge in [-0.25, -0.2) is 19.9 Å². The van der Waals surface area contributed by atoms with Gasteiger partial charge in [0.05, 0.1) is 50.3 Å². The smallest absolute Gasteiger partial charge is 0.222 e. The number of nitrogens with zero attached hydrogens (tertiary/aromatic N) is 8. The fourth-order valence-corrected chi connectivity index (χ4v) is 6.82. The molecule has 216 valence electrons. The molecule has 0 radical (unpaired) electrons. The zero-order valence-corrected chi connectivity index (χ0v) is 23.8. The van der Waals surface area contributed by atoms with E-state index in [1.807, 2.05) is 4.57 Å². The molecule has 5 atom stereocenters. The van der Waals surface area contributed by atoms with Crippen molar-refractivity contribution in [2.75, 3.05) is 24.8 Å². The monoisotopic (exact) mass is 593 g/mol. The van der Waals surface area contributed by atoms with Crippen LogP contribution >= 0.6 is 14.7 Å². The molecule has 0 bridgehead atoms. The van der Waals surface area contributed by atoms with Gasteiger partial charge in [0.2, 0.25) is 11.9 Å². The summed E-state index contributed by atoms with van der Waals surface area (Å²) in [5, 5.41) is 0. The Kier molecular flexibility index (Phi) is 7.92. The topological polar surface area (TPSA) is 235 Å². The summed E-state index contributed by atoms with van der Waals surface area (Å²) in [7, 11) is -6.63. The Morgan fingerprint density at radius 1 is 0.850 bits per heavy atom. The van der Waals surface area contributed by atoms with E-state index in [9.17, 15) is 14.0 Å². The molecule has 0 aliphatic carbocycles. The summed E-state index contributed by atoms with van der Waals surface area (Å²) >= 11 is 0. The van der Waals surface area contributed by atoms with Crippen LogP contribution in [0.2, 0.25) is 0 Å². The van der Waals surface area contributed by atoms with Crippen LogP contribution in [0.15, 0.2) is 25.0 Å². The first-order valence-electron chi connectivity index (χ1n) is 12.6. The molecule has 18 heteroatoms. The quantitative estimate of drug-likeness (QED) is 0.265. The summed E-state index contributed by atoms with van der Waals surface area (Å²) in [6.07, 6.45) is 8.71. The number of anilines is 2. The normalized spacial score (nSPS) is 24.7. The standard InChI is InChI=1S/C12H18N5O2P.C10H14N5O4P/c1-20(2,18)10-4-3-8(19-10)6-17-7-15-9-5-14-12(13)16-11(9)17;11-10-12-3-7-9(14-10)15(5-13-7)4-6-1-2-8(19-6)20(16,17)18/h5,7-8,10H,3-4,6H2,1-2H3,(H2,13,14,16);3,5-6,8H,1-2,4H2,(H2,11,12,14)(H2,16,17,18)/p-1/t8-,10-;6-,8-/m00/s1. The number of hydrogen-bond acceptors (Lipinski definition) is 13. The van der Waals surface area contributed by atoms with E-state index in [1.165, 1.54) is 6.20 Å². The number of rotatable bonds is 6. The van der Waals surface area contributed by atoms with Crippen molar-refractivity contribution < 1.29 is 28.4 Å². The van der Waals surface area contributed by atoms with Gasteiger partial charge in [0.25, 0.3) is 0 Å². The van der Waals surface area contributed by atoms with Gasteiger partial charge in [-0.3, -0.25) is 0 Å². The molecule has 0 aromatic carbocycles. The molecule has 2 fully saturated rings. The highest BCUT2D eigenvalue weighted by molar-refractivity contribution is 7.62. The Labute approximate surface area is 229 Å². The summed E-state index contributed by atoms with van der Waals surface area (Å²) in [6, 6.07) is 0. The molecule has 2 aliphatic rings. The second kappa shape index (κ2) is 11.1. The van der Waals surface area contributed by atoms with Crippen LogP contribution < -0.4 is 16.4 Å². The minimum absolute atomic E-state index is 0.0433. The first-order chi connectivity index (χ1) is 18.9. The van der Waals surface area contributed by atoms with Crippen molar-refractivity contribution in [3.63, 3.8) is 0 Å². The minimum Gasteiger partial charge on any atom is -0.777 e. The third-order valence-electron chi connectivity index (χ3n) is 6.78. The van der Waals surface area contributed by atoms with Crippen LogP contribution in [-0.2, 0) is 31.7 Å². The summed E-state index contributed by atoms with van der Waals surface area (Å²) in [5.74, 6) is -0.871. The van der Waals surface area contributed by atoms with Crippen molar-refractivity contribution in [2.45, 2.75) is 62.7 Å². The van der Waals surface area contributed by atoms with Crippen LogP contribution in [0.5, 0.6) is 0 Å². The second-order valence-electron chi connectivity index (χ2n) is 10.2. The first kappa shape index (κ1) is 28.5. The Balaban J connectivity index is 0.000000161. The molecule has 1 unspecified atom stereocenters. The van der Waals surface area contributed by atoms with Gasteiger partial charge in [-0.15, -0.1) is 0 Å². The summed E-state index contributed by atoms with van der Waals surface area (Å²) < 4.78 is 37.9. The fourth-order valence-electron chi connectivity index (χ4n) is 4.78. The highest BCUT2D eigenvalue weighted by atomic mass is 31.2. The molecular weight excluding hydrogens is 562 g/mol. The van der Waals surface area contributed by atoms with Crippen LogP contribution in [0.25, 0.3) is 22.3 Å². The fraction of sp³-hybridized carbons (Fsp3) is 0.545. The van der Waals surface area contributed by atoms with Crippen LogP contribution in [0.1, 0.15) is 25.7 Å². The van der Waals surface area contributed by atoms with Crippen LogP contribution in [-0.4, -0.2) is 81.2 Å². The van der Waals surface area contributed by atoms with E-state index in [-0.39, 0.29) is 36.4 Å². The predicted molar refractivity (Wildman–Crippen MR) is 145 cm³/mol. The van der Waals surface area contributed by atoms with E-state index in [4.69, 9.17) is 25.8 Å². The molecule has 2 aliphatic heterocycles. The lowest BCUT2D eigenvalue weighted by molar-refractivity contribution is -0.204. The second-order valence-corrected chi connectivity index (χ2v) is 15.4. The van der Waals surface area contributed by atoms with E-state index in [1.54, 1.807) is 36.7 Å². The maximum Gasteiger partial charge on any atom is 0.222 e. The maximum absolute atomic E-state index is 12.0. The molecule has 0 spiro atoms. The molecule has 6 heterocycles.